The molecule has 0 radical (unpaired) electrons. The summed E-state index contributed by atoms with van der Waals surface area (Å²) in [4.78, 5) is 5.23. The van der Waals surface area contributed by atoms with Crippen LogP contribution in [0.5, 0.6) is 0 Å². The first-order valence-corrected chi connectivity index (χ1v) is 6.28. The number of rotatable bonds is 4. The van der Waals surface area contributed by atoms with Crippen LogP contribution in [0.1, 0.15) is 11.1 Å². The Hall–Kier alpha value is -1.84. The number of nitrogens with zero attached hydrogens (tertiary/aromatic N) is 2. The molecule has 0 unspecified atom stereocenters. The Balaban J connectivity index is 2.20. The van der Waals surface area contributed by atoms with Gasteiger partial charge < -0.3 is 0 Å². The molecule has 0 aliphatic carbocycles. The average molecular weight is 275 g/mol. The first kappa shape index (κ1) is 13.6. The summed E-state index contributed by atoms with van der Waals surface area (Å²) in [5.74, 6) is 0. The standard InChI is InChI=1S/C15H15ClN2O/c1-12-8-9-14(10-15(12)16)18(19-2)17-11-13-6-4-3-5-7-13/h3-11H,1-2H3. The van der Waals surface area contributed by atoms with Crippen LogP contribution in [0.4, 0.5) is 5.69 Å². The Morgan fingerprint density at radius 1 is 1.16 bits per heavy atom. The number of hydrogen-bond donors (Lipinski definition) is 0. The predicted octanol–water partition coefficient (Wildman–Crippen LogP) is 4.05. The zero-order valence-electron chi connectivity index (χ0n) is 10.9. The molecule has 19 heavy (non-hydrogen) atoms. The molecule has 0 aliphatic heterocycles. The highest BCUT2D eigenvalue weighted by Gasteiger charge is 2.05. The molecule has 2 rings (SSSR count). The molecular formula is C15H15ClN2O. The summed E-state index contributed by atoms with van der Waals surface area (Å²) in [6.07, 6.45) is 1.73. The van der Waals surface area contributed by atoms with Crippen LogP contribution in [0.2, 0.25) is 5.02 Å². The van der Waals surface area contributed by atoms with Gasteiger partial charge in [-0.25, -0.2) is 0 Å². The summed E-state index contributed by atoms with van der Waals surface area (Å²) in [5.41, 5.74) is 2.81. The zero-order valence-corrected chi connectivity index (χ0v) is 11.6. The molecule has 98 valence electrons. The lowest BCUT2D eigenvalue weighted by atomic mass is 10.2. The number of halogens is 1. The molecule has 3 nitrogen and oxygen atoms in total. The maximum Gasteiger partial charge on any atom is 0.0916 e. The topological polar surface area (TPSA) is 24.8 Å². The van der Waals surface area contributed by atoms with Crippen molar-refractivity contribution < 1.29 is 4.84 Å². The van der Waals surface area contributed by atoms with E-state index >= 15 is 0 Å². The lowest BCUT2D eigenvalue weighted by Crippen LogP contribution is -2.14. The van der Waals surface area contributed by atoms with E-state index in [4.69, 9.17) is 16.4 Å². The van der Waals surface area contributed by atoms with Gasteiger partial charge in [0.25, 0.3) is 0 Å². The van der Waals surface area contributed by atoms with Gasteiger partial charge in [-0.1, -0.05) is 48.0 Å². The molecule has 0 aliphatic rings. The Bertz CT molecular complexity index is 570. The molecule has 2 aromatic carbocycles. The van der Waals surface area contributed by atoms with Crippen molar-refractivity contribution in [1.82, 2.24) is 0 Å². The van der Waals surface area contributed by atoms with E-state index in [1.807, 2.05) is 55.5 Å². The summed E-state index contributed by atoms with van der Waals surface area (Å²) in [7, 11) is 1.57. The van der Waals surface area contributed by atoms with Crippen molar-refractivity contribution in [1.29, 1.82) is 0 Å². The van der Waals surface area contributed by atoms with Crippen LogP contribution in [0, 0.1) is 6.92 Å². The van der Waals surface area contributed by atoms with Crippen molar-refractivity contribution in [2.75, 3.05) is 12.3 Å². The lowest BCUT2D eigenvalue weighted by Gasteiger charge is -2.16. The first-order chi connectivity index (χ1) is 9.20. The SMILES string of the molecule is CON(N=Cc1ccccc1)c1ccc(C)c(Cl)c1. The molecule has 0 aromatic heterocycles. The van der Waals surface area contributed by atoms with Gasteiger partial charge in [0, 0.05) is 5.02 Å². The Kier molecular flexibility index (Phi) is 4.55. The Labute approximate surface area is 118 Å². The van der Waals surface area contributed by atoms with Crippen LogP contribution >= 0.6 is 11.6 Å². The molecule has 0 amide bonds. The molecule has 2 aromatic rings. The fourth-order valence-corrected chi connectivity index (χ4v) is 1.75. The van der Waals surface area contributed by atoms with Gasteiger partial charge in [0.1, 0.15) is 0 Å². The molecular weight excluding hydrogens is 260 g/mol. The molecule has 0 spiro atoms. The van der Waals surface area contributed by atoms with Gasteiger partial charge in [-0.3, -0.25) is 4.84 Å². The van der Waals surface area contributed by atoms with Gasteiger partial charge in [0.05, 0.1) is 19.0 Å². The maximum absolute atomic E-state index is 6.10. The molecule has 0 fully saturated rings. The maximum atomic E-state index is 6.10. The van der Waals surface area contributed by atoms with Gasteiger partial charge in [0.2, 0.25) is 0 Å². The highest BCUT2D eigenvalue weighted by atomic mass is 35.5. The smallest absolute Gasteiger partial charge is 0.0916 e. The summed E-state index contributed by atoms with van der Waals surface area (Å²) >= 11 is 6.10. The van der Waals surface area contributed by atoms with Crippen molar-refractivity contribution in [3.8, 4) is 0 Å². The summed E-state index contributed by atoms with van der Waals surface area (Å²) in [5, 5.41) is 6.40. The Morgan fingerprint density at radius 3 is 2.53 bits per heavy atom. The molecule has 0 bridgehead atoms. The molecule has 0 N–H and O–H groups in total. The van der Waals surface area contributed by atoms with Gasteiger partial charge in [-0.2, -0.15) is 5.10 Å². The number of hydrogen-bond acceptors (Lipinski definition) is 3. The quantitative estimate of drug-likeness (QED) is 0.621. The van der Waals surface area contributed by atoms with Crippen molar-refractivity contribution in [2.45, 2.75) is 6.92 Å². The third-order valence-electron chi connectivity index (χ3n) is 2.66. The Morgan fingerprint density at radius 2 is 1.89 bits per heavy atom. The minimum atomic E-state index is 0.689. The first-order valence-electron chi connectivity index (χ1n) is 5.90. The second kappa shape index (κ2) is 6.36. The number of anilines is 1. The fraction of sp³-hybridized carbons (Fsp3) is 0.133. The van der Waals surface area contributed by atoms with Crippen molar-refractivity contribution >= 4 is 23.5 Å². The van der Waals surface area contributed by atoms with Crippen LogP contribution in [0.15, 0.2) is 53.6 Å². The number of benzene rings is 2. The average Bonchev–Trinajstić information content (AvgIpc) is 2.44. The molecule has 4 heteroatoms. The second-order valence-electron chi connectivity index (χ2n) is 4.04. The fourth-order valence-electron chi connectivity index (χ4n) is 1.58. The molecule has 0 saturated carbocycles. The third kappa shape index (κ3) is 3.56. The largest absolute Gasteiger partial charge is 0.255 e. The van der Waals surface area contributed by atoms with Crippen molar-refractivity contribution in [2.24, 2.45) is 5.10 Å². The van der Waals surface area contributed by atoms with Crippen LogP contribution in [0.25, 0.3) is 0 Å². The van der Waals surface area contributed by atoms with Gasteiger partial charge in [-0.15, -0.1) is 5.17 Å². The monoisotopic (exact) mass is 274 g/mol. The highest BCUT2D eigenvalue weighted by Crippen LogP contribution is 2.23. The van der Waals surface area contributed by atoms with E-state index in [-0.39, 0.29) is 0 Å². The van der Waals surface area contributed by atoms with E-state index in [2.05, 4.69) is 5.10 Å². The van der Waals surface area contributed by atoms with E-state index in [0.29, 0.717) is 5.02 Å². The van der Waals surface area contributed by atoms with Crippen molar-refractivity contribution in [3.63, 3.8) is 0 Å². The van der Waals surface area contributed by atoms with E-state index in [1.165, 1.54) is 5.17 Å². The van der Waals surface area contributed by atoms with Crippen LogP contribution in [-0.2, 0) is 4.84 Å². The molecule has 0 saturated heterocycles. The van der Waals surface area contributed by atoms with Gasteiger partial charge in [0.15, 0.2) is 0 Å². The van der Waals surface area contributed by atoms with Crippen LogP contribution in [0.3, 0.4) is 0 Å². The summed E-state index contributed by atoms with van der Waals surface area (Å²) in [6, 6.07) is 15.5. The predicted molar refractivity (Wildman–Crippen MR) is 79.7 cm³/mol. The van der Waals surface area contributed by atoms with E-state index in [0.717, 1.165) is 16.8 Å². The van der Waals surface area contributed by atoms with Gasteiger partial charge in [-0.05, 0) is 30.2 Å². The molecule has 0 heterocycles. The van der Waals surface area contributed by atoms with Gasteiger partial charge >= 0.3 is 0 Å². The summed E-state index contributed by atoms with van der Waals surface area (Å²) in [6.45, 7) is 1.95. The van der Waals surface area contributed by atoms with E-state index < -0.39 is 0 Å². The zero-order chi connectivity index (χ0) is 13.7. The highest BCUT2D eigenvalue weighted by molar-refractivity contribution is 6.31. The van der Waals surface area contributed by atoms with Crippen molar-refractivity contribution in [3.05, 3.63) is 64.7 Å². The van der Waals surface area contributed by atoms with E-state index in [9.17, 15) is 0 Å². The number of aryl methyl sites for hydroxylation is 1. The normalized spacial score (nSPS) is 10.9. The summed E-state index contributed by atoms with van der Waals surface area (Å²) < 4.78 is 0. The van der Waals surface area contributed by atoms with Crippen LogP contribution < -0.4 is 5.17 Å². The van der Waals surface area contributed by atoms with Crippen LogP contribution in [-0.4, -0.2) is 13.3 Å². The third-order valence-corrected chi connectivity index (χ3v) is 3.07. The minimum absolute atomic E-state index is 0.689. The number of hydrazone groups is 1. The second-order valence-corrected chi connectivity index (χ2v) is 4.45. The van der Waals surface area contributed by atoms with E-state index in [1.54, 1.807) is 13.3 Å². The lowest BCUT2D eigenvalue weighted by molar-refractivity contribution is 0.170. The molecule has 0 atom stereocenters. The minimum Gasteiger partial charge on any atom is -0.255 e.